The summed E-state index contributed by atoms with van der Waals surface area (Å²) in [7, 11) is 0. The van der Waals surface area contributed by atoms with Crippen LogP contribution in [0.1, 0.15) is 34.3 Å². The molecule has 1 heteroatoms. The SMILES string of the molecule is C(=C\C(NC(/C=C/c1ccccc1)c1ccccc1)c1ccccc1)/c1ccccc1. The Hall–Kier alpha value is -3.68. The van der Waals surface area contributed by atoms with Crippen molar-refractivity contribution in [3.63, 3.8) is 0 Å². The maximum Gasteiger partial charge on any atom is 0.0516 e. The molecule has 4 rings (SSSR count). The van der Waals surface area contributed by atoms with Crippen LogP contribution in [0.5, 0.6) is 0 Å². The zero-order valence-corrected chi connectivity index (χ0v) is 17.5. The number of rotatable bonds is 8. The van der Waals surface area contributed by atoms with Gasteiger partial charge in [0.25, 0.3) is 0 Å². The van der Waals surface area contributed by atoms with Crippen molar-refractivity contribution >= 4 is 12.2 Å². The number of hydrogen-bond acceptors (Lipinski definition) is 1. The Morgan fingerprint density at radius 1 is 0.419 bits per heavy atom. The first-order chi connectivity index (χ1) is 15.4. The zero-order valence-electron chi connectivity index (χ0n) is 17.5. The fraction of sp³-hybridized carbons (Fsp3) is 0.0667. The monoisotopic (exact) mass is 401 g/mol. The molecule has 0 bridgehead atoms. The van der Waals surface area contributed by atoms with E-state index in [1.807, 2.05) is 12.1 Å². The van der Waals surface area contributed by atoms with Crippen molar-refractivity contribution in [1.29, 1.82) is 0 Å². The fourth-order valence-corrected chi connectivity index (χ4v) is 3.58. The molecule has 0 aliphatic heterocycles. The van der Waals surface area contributed by atoms with Gasteiger partial charge in [0.15, 0.2) is 0 Å². The Labute approximate surface area is 185 Å². The predicted octanol–water partition coefficient (Wildman–Crippen LogP) is 7.49. The highest BCUT2D eigenvalue weighted by Gasteiger charge is 2.14. The van der Waals surface area contributed by atoms with Crippen molar-refractivity contribution in [3.8, 4) is 0 Å². The van der Waals surface area contributed by atoms with Crippen molar-refractivity contribution in [2.75, 3.05) is 0 Å². The van der Waals surface area contributed by atoms with Gasteiger partial charge in [0.1, 0.15) is 0 Å². The molecule has 2 unspecified atom stereocenters. The highest BCUT2D eigenvalue weighted by molar-refractivity contribution is 5.52. The van der Waals surface area contributed by atoms with E-state index < -0.39 is 0 Å². The fourth-order valence-electron chi connectivity index (χ4n) is 3.58. The zero-order chi connectivity index (χ0) is 21.1. The summed E-state index contributed by atoms with van der Waals surface area (Å²) in [5.41, 5.74) is 4.87. The molecule has 1 N–H and O–H groups in total. The largest absolute Gasteiger partial charge is 0.296 e. The third kappa shape index (κ3) is 6.15. The molecule has 0 aromatic heterocycles. The summed E-state index contributed by atoms with van der Waals surface area (Å²) in [6.07, 6.45) is 8.87. The van der Waals surface area contributed by atoms with Crippen LogP contribution in [0.2, 0.25) is 0 Å². The van der Waals surface area contributed by atoms with Gasteiger partial charge in [0, 0.05) is 0 Å². The molecule has 0 saturated heterocycles. The molecule has 152 valence electrons. The molecule has 4 aromatic rings. The second-order valence-corrected chi connectivity index (χ2v) is 7.48. The Morgan fingerprint density at radius 2 is 0.742 bits per heavy atom. The topological polar surface area (TPSA) is 12.0 Å². The summed E-state index contributed by atoms with van der Waals surface area (Å²) < 4.78 is 0. The highest BCUT2D eigenvalue weighted by atomic mass is 14.9. The normalized spacial score (nSPS) is 13.4. The molecule has 2 atom stereocenters. The van der Waals surface area contributed by atoms with E-state index in [0.29, 0.717) is 0 Å². The Bertz CT molecular complexity index is 993. The van der Waals surface area contributed by atoms with Crippen LogP contribution in [0, 0.1) is 0 Å². The first-order valence-corrected chi connectivity index (χ1v) is 10.7. The molecular formula is C30H27N. The molecule has 1 nitrogen and oxygen atoms in total. The highest BCUT2D eigenvalue weighted by Crippen LogP contribution is 2.24. The Kier molecular flexibility index (Phi) is 7.25. The van der Waals surface area contributed by atoms with Crippen molar-refractivity contribution in [1.82, 2.24) is 5.32 Å². The third-order valence-electron chi connectivity index (χ3n) is 5.24. The van der Waals surface area contributed by atoms with E-state index in [-0.39, 0.29) is 12.1 Å². The first-order valence-electron chi connectivity index (χ1n) is 10.7. The van der Waals surface area contributed by atoms with E-state index in [2.05, 4.69) is 139 Å². The van der Waals surface area contributed by atoms with Crippen LogP contribution in [-0.4, -0.2) is 0 Å². The van der Waals surface area contributed by atoms with E-state index in [0.717, 1.165) is 0 Å². The van der Waals surface area contributed by atoms with Crippen molar-refractivity contribution in [2.45, 2.75) is 12.1 Å². The second kappa shape index (κ2) is 10.9. The van der Waals surface area contributed by atoms with Gasteiger partial charge >= 0.3 is 0 Å². The van der Waals surface area contributed by atoms with Gasteiger partial charge in [-0.05, 0) is 22.3 Å². The van der Waals surface area contributed by atoms with Crippen molar-refractivity contribution < 1.29 is 0 Å². The van der Waals surface area contributed by atoms with Crippen LogP contribution in [0.3, 0.4) is 0 Å². The molecule has 31 heavy (non-hydrogen) atoms. The van der Waals surface area contributed by atoms with Crippen molar-refractivity contribution in [3.05, 3.63) is 156 Å². The van der Waals surface area contributed by atoms with Crippen LogP contribution in [0.25, 0.3) is 12.2 Å². The van der Waals surface area contributed by atoms with Gasteiger partial charge in [-0.15, -0.1) is 0 Å². The lowest BCUT2D eigenvalue weighted by Gasteiger charge is -2.23. The molecule has 0 aliphatic carbocycles. The Balaban J connectivity index is 1.64. The van der Waals surface area contributed by atoms with Gasteiger partial charge in [-0.2, -0.15) is 0 Å². The number of nitrogens with one attached hydrogen (secondary N) is 1. The molecule has 0 fully saturated rings. The molecule has 0 amide bonds. The lowest BCUT2D eigenvalue weighted by atomic mass is 10.00. The second-order valence-electron chi connectivity index (χ2n) is 7.48. The van der Waals surface area contributed by atoms with Crippen LogP contribution < -0.4 is 5.32 Å². The molecule has 0 spiro atoms. The summed E-state index contributed by atoms with van der Waals surface area (Å²) in [6, 6.07) is 42.2. The lowest BCUT2D eigenvalue weighted by molar-refractivity contribution is 0.566. The summed E-state index contributed by atoms with van der Waals surface area (Å²) in [5, 5.41) is 3.85. The standard InChI is InChI=1S/C30H27N/c1-5-13-25(14-6-1)21-23-29(27-17-9-3-10-18-27)31-30(28-19-11-4-12-20-28)24-22-26-15-7-2-8-16-26/h1-24,29-31H/b23-21+,24-22+. The summed E-state index contributed by atoms with van der Waals surface area (Å²) in [5.74, 6) is 0. The maximum atomic E-state index is 3.85. The van der Waals surface area contributed by atoms with E-state index >= 15 is 0 Å². The van der Waals surface area contributed by atoms with Gasteiger partial charge < -0.3 is 0 Å². The van der Waals surface area contributed by atoms with Gasteiger partial charge in [-0.1, -0.05) is 146 Å². The van der Waals surface area contributed by atoms with Gasteiger partial charge in [0.2, 0.25) is 0 Å². The van der Waals surface area contributed by atoms with Crippen LogP contribution >= 0.6 is 0 Å². The first kappa shape index (κ1) is 20.6. The quantitative estimate of drug-likeness (QED) is 0.322. The Morgan fingerprint density at radius 3 is 1.10 bits per heavy atom. The van der Waals surface area contributed by atoms with Gasteiger partial charge in [-0.25, -0.2) is 0 Å². The van der Waals surface area contributed by atoms with E-state index in [1.54, 1.807) is 0 Å². The molecule has 0 aliphatic rings. The van der Waals surface area contributed by atoms with Crippen LogP contribution in [-0.2, 0) is 0 Å². The average Bonchev–Trinajstić information content (AvgIpc) is 2.86. The van der Waals surface area contributed by atoms with Gasteiger partial charge in [0.05, 0.1) is 12.1 Å². The van der Waals surface area contributed by atoms with E-state index in [1.165, 1.54) is 22.3 Å². The lowest BCUT2D eigenvalue weighted by Crippen LogP contribution is -2.24. The number of hydrogen-bond donors (Lipinski definition) is 1. The van der Waals surface area contributed by atoms with Crippen molar-refractivity contribution in [2.24, 2.45) is 0 Å². The minimum Gasteiger partial charge on any atom is -0.296 e. The average molecular weight is 402 g/mol. The predicted molar refractivity (Wildman–Crippen MR) is 132 cm³/mol. The molecule has 0 radical (unpaired) electrons. The minimum atomic E-state index is 0.0760. The molecule has 0 heterocycles. The smallest absolute Gasteiger partial charge is 0.0516 e. The van der Waals surface area contributed by atoms with E-state index in [9.17, 15) is 0 Å². The van der Waals surface area contributed by atoms with E-state index in [4.69, 9.17) is 0 Å². The van der Waals surface area contributed by atoms with Crippen LogP contribution in [0.15, 0.2) is 133 Å². The summed E-state index contributed by atoms with van der Waals surface area (Å²) in [6.45, 7) is 0. The number of benzene rings is 4. The summed E-state index contributed by atoms with van der Waals surface area (Å²) >= 11 is 0. The van der Waals surface area contributed by atoms with Crippen LogP contribution in [0.4, 0.5) is 0 Å². The third-order valence-corrected chi connectivity index (χ3v) is 5.24. The molecular weight excluding hydrogens is 374 g/mol. The van der Waals surface area contributed by atoms with Gasteiger partial charge in [-0.3, -0.25) is 5.32 Å². The maximum absolute atomic E-state index is 3.85. The minimum absolute atomic E-state index is 0.0760. The summed E-state index contributed by atoms with van der Waals surface area (Å²) in [4.78, 5) is 0. The molecule has 4 aromatic carbocycles. The molecule has 0 saturated carbocycles.